The van der Waals surface area contributed by atoms with Crippen LogP contribution in [0.25, 0.3) is 0 Å². The van der Waals surface area contributed by atoms with E-state index in [-0.39, 0.29) is 12.0 Å². The molecule has 0 saturated carbocycles. The highest BCUT2D eigenvalue weighted by molar-refractivity contribution is 5.94. The zero-order valence-corrected chi connectivity index (χ0v) is 16.7. The molecule has 4 rings (SSSR count). The molecular weight excluding hydrogens is 382 g/mol. The fourth-order valence-electron chi connectivity index (χ4n) is 3.34. The average molecular weight is 405 g/mol. The Morgan fingerprint density at radius 1 is 0.933 bits per heavy atom. The summed E-state index contributed by atoms with van der Waals surface area (Å²) in [4.78, 5) is 14.8. The third-order valence-corrected chi connectivity index (χ3v) is 4.86. The summed E-state index contributed by atoms with van der Waals surface area (Å²) in [6.07, 6.45) is 1.61. The predicted octanol–water partition coefficient (Wildman–Crippen LogP) is 3.96. The Morgan fingerprint density at radius 3 is 2.33 bits per heavy atom. The van der Waals surface area contributed by atoms with Crippen LogP contribution < -0.4 is 14.2 Å². The molecule has 0 aliphatic carbocycles. The van der Waals surface area contributed by atoms with E-state index in [1.165, 1.54) is 7.11 Å². The second-order valence-electron chi connectivity index (χ2n) is 6.99. The van der Waals surface area contributed by atoms with Gasteiger partial charge in [0, 0.05) is 24.2 Å². The van der Waals surface area contributed by atoms with Gasteiger partial charge in [-0.3, -0.25) is 4.79 Å². The van der Waals surface area contributed by atoms with Crippen molar-refractivity contribution in [1.29, 1.82) is 0 Å². The number of carbonyl (C=O) groups excluding carboxylic acids is 1. The van der Waals surface area contributed by atoms with Crippen molar-refractivity contribution in [2.75, 3.05) is 20.2 Å². The van der Waals surface area contributed by atoms with E-state index in [4.69, 9.17) is 14.2 Å². The maximum Gasteiger partial charge on any atom is 0.253 e. The van der Waals surface area contributed by atoms with Gasteiger partial charge in [0.2, 0.25) is 11.8 Å². The molecule has 30 heavy (non-hydrogen) atoms. The summed E-state index contributed by atoms with van der Waals surface area (Å²) in [5.74, 6) is 2.29. The minimum absolute atomic E-state index is 0.0182. The van der Waals surface area contributed by atoms with Crippen LogP contribution in [-0.2, 0) is 0 Å². The number of hydrogen-bond donors (Lipinski definition) is 0. The number of aromatic nitrogens is 2. The van der Waals surface area contributed by atoms with Crippen molar-refractivity contribution < 1.29 is 19.0 Å². The molecule has 1 aliphatic heterocycles. The molecule has 0 bridgehead atoms. The number of likely N-dealkylation sites (tertiary alicyclic amines) is 1. The largest absolute Gasteiger partial charge is 0.480 e. The van der Waals surface area contributed by atoms with E-state index < -0.39 is 0 Å². The number of ether oxygens (including phenoxy) is 3. The molecule has 1 fully saturated rings. The van der Waals surface area contributed by atoms with Crippen molar-refractivity contribution in [3.8, 4) is 23.3 Å². The van der Waals surface area contributed by atoms with E-state index in [1.54, 1.807) is 24.3 Å². The molecule has 1 unspecified atom stereocenters. The first kappa shape index (κ1) is 19.7. The number of rotatable bonds is 6. The summed E-state index contributed by atoms with van der Waals surface area (Å²) < 4.78 is 16.7. The van der Waals surface area contributed by atoms with Crippen molar-refractivity contribution in [2.24, 2.45) is 0 Å². The van der Waals surface area contributed by atoms with Gasteiger partial charge in [0.1, 0.15) is 17.6 Å². The molecule has 154 valence electrons. The number of hydrogen-bond acceptors (Lipinski definition) is 6. The Kier molecular flexibility index (Phi) is 6.08. The summed E-state index contributed by atoms with van der Waals surface area (Å²) >= 11 is 0. The van der Waals surface area contributed by atoms with Crippen LogP contribution in [0.15, 0.2) is 66.7 Å². The molecule has 2 aromatic carbocycles. The number of para-hydroxylation sites is 1. The van der Waals surface area contributed by atoms with Crippen LogP contribution in [-0.4, -0.2) is 47.3 Å². The van der Waals surface area contributed by atoms with Crippen molar-refractivity contribution in [3.05, 3.63) is 72.3 Å². The van der Waals surface area contributed by atoms with Crippen LogP contribution in [0.1, 0.15) is 23.2 Å². The van der Waals surface area contributed by atoms with Crippen LogP contribution in [0.4, 0.5) is 0 Å². The molecule has 7 nitrogen and oxygen atoms in total. The Hall–Kier alpha value is -3.61. The quantitative estimate of drug-likeness (QED) is 0.618. The van der Waals surface area contributed by atoms with Gasteiger partial charge in [-0.25, -0.2) is 0 Å². The van der Waals surface area contributed by atoms with E-state index in [0.717, 1.165) is 18.6 Å². The molecule has 1 aromatic heterocycles. The molecule has 0 spiro atoms. The van der Waals surface area contributed by atoms with Crippen molar-refractivity contribution in [2.45, 2.75) is 18.9 Å². The Morgan fingerprint density at radius 2 is 1.63 bits per heavy atom. The lowest BCUT2D eigenvalue weighted by Crippen LogP contribution is -2.44. The smallest absolute Gasteiger partial charge is 0.253 e. The molecule has 1 amide bonds. The zero-order valence-electron chi connectivity index (χ0n) is 16.7. The molecule has 7 heteroatoms. The molecule has 2 heterocycles. The monoisotopic (exact) mass is 405 g/mol. The first-order valence-corrected chi connectivity index (χ1v) is 9.88. The van der Waals surface area contributed by atoms with Crippen molar-refractivity contribution >= 4 is 5.91 Å². The second-order valence-corrected chi connectivity index (χ2v) is 6.99. The average Bonchev–Trinajstić information content (AvgIpc) is 2.80. The highest BCUT2D eigenvalue weighted by Gasteiger charge is 2.26. The Balaban J connectivity index is 1.36. The van der Waals surface area contributed by atoms with Crippen LogP contribution in [0.2, 0.25) is 0 Å². The second kappa shape index (κ2) is 9.26. The minimum Gasteiger partial charge on any atom is -0.480 e. The summed E-state index contributed by atoms with van der Waals surface area (Å²) in [5.41, 5.74) is 0.625. The lowest BCUT2D eigenvalue weighted by molar-refractivity contribution is 0.0525. The third-order valence-electron chi connectivity index (χ3n) is 4.86. The van der Waals surface area contributed by atoms with Gasteiger partial charge in [0.05, 0.1) is 13.7 Å². The molecule has 1 aliphatic rings. The van der Waals surface area contributed by atoms with Crippen LogP contribution >= 0.6 is 0 Å². The van der Waals surface area contributed by atoms with Gasteiger partial charge in [0.15, 0.2) is 0 Å². The maximum atomic E-state index is 12.9. The molecule has 1 atom stereocenters. The lowest BCUT2D eigenvalue weighted by Gasteiger charge is -2.32. The van der Waals surface area contributed by atoms with Crippen LogP contribution in [0.5, 0.6) is 23.3 Å². The SMILES string of the molecule is COc1ccc(OC2CCCN(C(=O)c3ccc(Oc4ccccc4)cc3)C2)nn1. The number of benzene rings is 2. The fraction of sp³-hybridized carbons (Fsp3) is 0.261. The number of carbonyl (C=O) groups is 1. The third kappa shape index (κ3) is 4.86. The molecule has 0 N–H and O–H groups in total. The van der Waals surface area contributed by atoms with Gasteiger partial charge in [-0.1, -0.05) is 18.2 Å². The number of piperidine rings is 1. The number of methoxy groups -OCH3 is 1. The summed E-state index contributed by atoms with van der Waals surface area (Å²) in [5, 5.41) is 7.91. The van der Waals surface area contributed by atoms with Crippen LogP contribution in [0, 0.1) is 0 Å². The Labute approximate surface area is 175 Å². The standard InChI is InChI=1S/C23H23N3O4/c1-28-21-13-14-22(25-24-21)30-20-8-5-15-26(16-20)23(27)17-9-11-19(12-10-17)29-18-6-3-2-4-7-18/h2-4,6-7,9-14,20H,5,8,15-16H2,1H3. The summed E-state index contributed by atoms with van der Waals surface area (Å²) in [6, 6.07) is 20.2. The molecule has 1 saturated heterocycles. The van der Waals surface area contributed by atoms with E-state index >= 15 is 0 Å². The van der Waals surface area contributed by atoms with Gasteiger partial charge in [-0.05, 0) is 49.2 Å². The van der Waals surface area contributed by atoms with Gasteiger partial charge >= 0.3 is 0 Å². The highest BCUT2D eigenvalue weighted by Crippen LogP contribution is 2.23. The van der Waals surface area contributed by atoms with E-state index in [1.807, 2.05) is 47.4 Å². The maximum absolute atomic E-state index is 12.9. The normalized spacial score (nSPS) is 16.0. The van der Waals surface area contributed by atoms with Gasteiger partial charge in [-0.2, -0.15) is 0 Å². The topological polar surface area (TPSA) is 73.8 Å². The fourth-order valence-corrected chi connectivity index (χ4v) is 3.34. The van der Waals surface area contributed by atoms with E-state index in [0.29, 0.717) is 36.2 Å². The van der Waals surface area contributed by atoms with Gasteiger partial charge < -0.3 is 19.1 Å². The minimum atomic E-state index is -0.119. The predicted molar refractivity (Wildman–Crippen MR) is 111 cm³/mol. The van der Waals surface area contributed by atoms with Crippen molar-refractivity contribution in [1.82, 2.24) is 15.1 Å². The van der Waals surface area contributed by atoms with Gasteiger partial charge in [0.25, 0.3) is 5.91 Å². The first-order chi connectivity index (χ1) is 14.7. The molecule has 0 radical (unpaired) electrons. The Bertz CT molecular complexity index is 962. The molecule has 3 aromatic rings. The number of amides is 1. The highest BCUT2D eigenvalue weighted by atomic mass is 16.5. The van der Waals surface area contributed by atoms with E-state index in [9.17, 15) is 4.79 Å². The van der Waals surface area contributed by atoms with Crippen LogP contribution in [0.3, 0.4) is 0 Å². The molecular formula is C23H23N3O4. The summed E-state index contributed by atoms with van der Waals surface area (Å²) in [7, 11) is 1.54. The zero-order chi connectivity index (χ0) is 20.8. The van der Waals surface area contributed by atoms with Gasteiger partial charge in [-0.15, -0.1) is 10.2 Å². The van der Waals surface area contributed by atoms with Crippen molar-refractivity contribution in [3.63, 3.8) is 0 Å². The number of nitrogens with zero attached hydrogens (tertiary/aromatic N) is 3. The summed E-state index contributed by atoms with van der Waals surface area (Å²) in [6.45, 7) is 1.21. The first-order valence-electron chi connectivity index (χ1n) is 9.88. The van der Waals surface area contributed by atoms with E-state index in [2.05, 4.69) is 10.2 Å². The lowest BCUT2D eigenvalue weighted by atomic mass is 10.1.